The van der Waals surface area contributed by atoms with Crippen LogP contribution >= 0.6 is 0 Å². The molecular weight excluding hydrogens is 624 g/mol. The van der Waals surface area contributed by atoms with E-state index < -0.39 is 11.8 Å². The Morgan fingerprint density at radius 2 is 0.880 bits per heavy atom. The fraction of sp³-hybridized carbons (Fsp3) is 0.390. The summed E-state index contributed by atoms with van der Waals surface area (Å²) in [5.41, 5.74) is 18.1. The summed E-state index contributed by atoms with van der Waals surface area (Å²) in [7, 11) is 0. The van der Waals surface area contributed by atoms with Crippen molar-refractivity contribution in [2.45, 2.75) is 38.0 Å². The third-order valence-corrected chi connectivity index (χ3v) is 9.83. The highest BCUT2D eigenvalue weighted by Gasteiger charge is 2.31. The van der Waals surface area contributed by atoms with E-state index in [-0.39, 0.29) is 19.0 Å². The van der Waals surface area contributed by atoms with E-state index in [1.54, 1.807) is 0 Å². The van der Waals surface area contributed by atoms with E-state index in [9.17, 15) is 4.79 Å². The van der Waals surface area contributed by atoms with Crippen molar-refractivity contribution in [3.8, 4) is 11.5 Å². The lowest BCUT2D eigenvalue weighted by Crippen LogP contribution is -2.42. The molecule has 9 heteroatoms. The fourth-order valence-corrected chi connectivity index (χ4v) is 6.70. The van der Waals surface area contributed by atoms with E-state index in [1.165, 1.54) is 11.1 Å². The van der Waals surface area contributed by atoms with Crippen molar-refractivity contribution in [1.82, 2.24) is 20.4 Å². The highest BCUT2D eigenvalue weighted by molar-refractivity contribution is 5.92. The lowest BCUT2D eigenvalue weighted by atomic mass is 9.84. The van der Waals surface area contributed by atoms with Gasteiger partial charge in [-0.25, -0.2) is 0 Å². The molecule has 0 aliphatic carbocycles. The van der Waals surface area contributed by atoms with Crippen LogP contribution in [0.2, 0.25) is 0 Å². The Bertz CT molecular complexity index is 1480. The number of Topliss-reactive ketones (excluding diaryl/α,β-unsaturated/α-hetero) is 1. The van der Waals surface area contributed by atoms with E-state index in [1.807, 2.05) is 72.8 Å². The van der Waals surface area contributed by atoms with Crippen LogP contribution < -0.4 is 31.6 Å². The monoisotopic (exact) mass is 676 g/mol. The molecule has 4 aromatic rings. The Kier molecular flexibility index (Phi) is 13.0. The maximum atomic E-state index is 14.7. The first-order valence-electron chi connectivity index (χ1n) is 18.0. The Morgan fingerprint density at radius 3 is 1.22 bits per heavy atom. The number of nitrogens with zero attached hydrogens (tertiary/aromatic N) is 2. The minimum atomic E-state index is -0.522. The van der Waals surface area contributed by atoms with Crippen LogP contribution in [0.15, 0.2) is 97.1 Å². The van der Waals surface area contributed by atoms with Crippen molar-refractivity contribution in [2.75, 3.05) is 65.6 Å². The van der Waals surface area contributed by atoms with E-state index in [0.717, 1.165) is 99.2 Å². The predicted octanol–water partition coefficient (Wildman–Crippen LogP) is 4.01. The van der Waals surface area contributed by atoms with Crippen molar-refractivity contribution in [3.63, 3.8) is 0 Å². The quantitative estimate of drug-likeness (QED) is 0.140. The van der Waals surface area contributed by atoms with Crippen molar-refractivity contribution in [3.05, 3.63) is 130 Å². The molecule has 0 saturated carbocycles. The molecule has 2 saturated heterocycles. The molecule has 2 atom stereocenters. The minimum Gasteiger partial charge on any atom is -0.492 e. The number of hydrogen-bond donors (Lipinski definition) is 4. The standard InChI is InChI=1S/C41H52N6O3/c42-25-31-1-9-35(10-2-31)39(29-49-37-13-5-33(6-14-37)27-46-21-17-44-18-22-46)41(48)40(36-11-3-32(26-43)4-12-36)30-50-38-15-7-34(8-16-38)28-47-23-19-45-20-24-47/h1-16,39-40,44-45H,17-30,42-43H2. The third-order valence-electron chi connectivity index (χ3n) is 9.83. The molecule has 2 fully saturated rings. The molecule has 0 spiro atoms. The summed E-state index contributed by atoms with van der Waals surface area (Å²) in [5, 5.41) is 6.82. The Hall–Kier alpha value is -4.09. The maximum absolute atomic E-state index is 14.7. The largest absolute Gasteiger partial charge is 0.492 e. The van der Waals surface area contributed by atoms with Crippen LogP contribution in [0, 0.1) is 0 Å². The second kappa shape index (κ2) is 18.2. The van der Waals surface area contributed by atoms with Gasteiger partial charge < -0.3 is 31.6 Å². The first-order chi connectivity index (χ1) is 24.6. The molecule has 264 valence electrons. The van der Waals surface area contributed by atoms with Crippen LogP contribution in [0.1, 0.15) is 45.2 Å². The van der Waals surface area contributed by atoms with Crippen molar-refractivity contribution >= 4 is 5.78 Å². The molecule has 2 aliphatic rings. The SMILES string of the molecule is NCc1ccc(C(COc2ccc(CN3CCNCC3)cc2)C(=O)C(COc2ccc(CN3CCNCC3)cc2)c2ccc(CN)cc2)cc1. The van der Waals surface area contributed by atoms with Crippen LogP contribution in [0.4, 0.5) is 0 Å². The summed E-state index contributed by atoms with van der Waals surface area (Å²) in [5.74, 6) is 0.479. The average Bonchev–Trinajstić information content (AvgIpc) is 3.17. The van der Waals surface area contributed by atoms with Gasteiger partial charge in [0.05, 0.1) is 11.8 Å². The van der Waals surface area contributed by atoms with Gasteiger partial charge in [-0.05, 0) is 57.6 Å². The molecule has 6 N–H and O–H groups in total. The lowest BCUT2D eigenvalue weighted by Gasteiger charge is -2.27. The number of piperazine rings is 2. The summed E-state index contributed by atoms with van der Waals surface area (Å²) >= 11 is 0. The molecule has 9 nitrogen and oxygen atoms in total. The minimum absolute atomic E-state index is 0.0386. The number of benzene rings is 4. The summed E-state index contributed by atoms with van der Waals surface area (Å²) in [4.78, 5) is 19.6. The van der Waals surface area contributed by atoms with Gasteiger partial charge in [0.15, 0.2) is 5.78 Å². The zero-order valence-electron chi connectivity index (χ0n) is 29.1. The molecular formula is C41H52N6O3. The van der Waals surface area contributed by atoms with Crippen LogP contribution in [0.25, 0.3) is 0 Å². The molecule has 50 heavy (non-hydrogen) atoms. The van der Waals surface area contributed by atoms with E-state index in [0.29, 0.717) is 13.1 Å². The highest BCUT2D eigenvalue weighted by atomic mass is 16.5. The van der Waals surface area contributed by atoms with E-state index in [2.05, 4.69) is 44.7 Å². The van der Waals surface area contributed by atoms with Crippen molar-refractivity contribution in [2.24, 2.45) is 11.5 Å². The van der Waals surface area contributed by atoms with Gasteiger partial charge in [0.1, 0.15) is 24.7 Å². The molecule has 2 aliphatic heterocycles. The second-order valence-corrected chi connectivity index (χ2v) is 13.4. The number of rotatable bonds is 16. The first-order valence-corrected chi connectivity index (χ1v) is 18.0. The number of nitrogens with two attached hydrogens (primary N) is 2. The topological polar surface area (TPSA) is 118 Å². The van der Waals surface area contributed by atoms with Crippen molar-refractivity contribution in [1.29, 1.82) is 0 Å². The summed E-state index contributed by atoms with van der Waals surface area (Å²) in [6.07, 6.45) is 0. The van der Waals surface area contributed by atoms with Gasteiger partial charge in [0.25, 0.3) is 0 Å². The molecule has 0 bridgehead atoms. The van der Waals surface area contributed by atoms with Gasteiger partial charge in [-0.1, -0.05) is 72.8 Å². The van der Waals surface area contributed by atoms with Gasteiger partial charge in [-0.15, -0.1) is 0 Å². The van der Waals surface area contributed by atoms with Crippen LogP contribution in [-0.4, -0.2) is 81.2 Å². The number of hydrogen-bond acceptors (Lipinski definition) is 9. The Labute approximate surface area is 296 Å². The maximum Gasteiger partial charge on any atom is 0.154 e. The van der Waals surface area contributed by atoms with Crippen molar-refractivity contribution < 1.29 is 14.3 Å². The number of carbonyl (C=O) groups is 1. The Morgan fingerprint density at radius 1 is 0.540 bits per heavy atom. The van der Waals surface area contributed by atoms with Gasteiger partial charge in [0.2, 0.25) is 0 Å². The summed E-state index contributed by atoms with van der Waals surface area (Å²) in [6.45, 7) is 11.4. The first kappa shape index (κ1) is 35.7. The molecule has 0 radical (unpaired) electrons. The number of carbonyl (C=O) groups excluding carboxylic acids is 1. The van der Waals surface area contributed by atoms with Crippen LogP contribution in [0.3, 0.4) is 0 Å². The highest BCUT2D eigenvalue weighted by Crippen LogP contribution is 2.30. The zero-order valence-corrected chi connectivity index (χ0v) is 29.1. The summed E-state index contributed by atoms with van der Waals surface area (Å²) in [6, 6.07) is 32.5. The third kappa shape index (κ3) is 10.0. The van der Waals surface area contributed by atoms with Gasteiger partial charge >= 0.3 is 0 Å². The van der Waals surface area contributed by atoms with Gasteiger partial charge in [-0.2, -0.15) is 0 Å². The van der Waals surface area contributed by atoms with E-state index in [4.69, 9.17) is 20.9 Å². The lowest BCUT2D eigenvalue weighted by molar-refractivity contribution is -0.123. The van der Waals surface area contributed by atoms with Crippen LogP contribution in [0.5, 0.6) is 11.5 Å². The summed E-state index contributed by atoms with van der Waals surface area (Å²) < 4.78 is 12.7. The van der Waals surface area contributed by atoms with Crippen LogP contribution in [-0.2, 0) is 31.0 Å². The molecule has 0 amide bonds. The second-order valence-electron chi connectivity index (χ2n) is 13.4. The fourth-order valence-electron chi connectivity index (χ4n) is 6.70. The normalized spacial score (nSPS) is 16.8. The predicted molar refractivity (Wildman–Crippen MR) is 199 cm³/mol. The zero-order chi connectivity index (χ0) is 34.5. The Balaban J connectivity index is 1.19. The van der Waals surface area contributed by atoms with Gasteiger partial charge in [0, 0.05) is 78.5 Å². The number of nitrogens with one attached hydrogen (secondary N) is 2. The van der Waals surface area contributed by atoms with E-state index >= 15 is 0 Å². The molecule has 6 rings (SSSR count). The average molecular weight is 677 g/mol. The molecule has 2 unspecified atom stereocenters. The molecule has 0 aromatic heterocycles. The number of ether oxygens (including phenoxy) is 2. The number of ketones is 1. The molecule has 2 heterocycles. The van der Waals surface area contributed by atoms with Gasteiger partial charge in [-0.3, -0.25) is 14.6 Å². The molecule has 4 aromatic carbocycles. The smallest absolute Gasteiger partial charge is 0.154 e.